The van der Waals surface area contributed by atoms with Gasteiger partial charge in [-0.2, -0.15) is 0 Å². The Kier molecular flexibility index (Phi) is 5.44. The number of allylic oxidation sites excluding steroid dienone is 4. The van der Waals surface area contributed by atoms with Crippen LogP contribution in [0.15, 0.2) is 48.1 Å². The first-order chi connectivity index (χ1) is 13.5. The summed E-state index contributed by atoms with van der Waals surface area (Å²) in [5.41, 5.74) is 2.59. The topological polar surface area (TPSA) is 29.1 Å². The van der Waals surface area contributed by atoms with E-state index in [1.165, 1.54) is 55.4 Å². The molecule has 5 aliphatic rings. The zero-order valence-corrected chi connectivity index (χ0v) is 17.1. The lowest BCUT2D eigenvalue weighted by atomic mass is 9.75. The maximum atomic E-state index is 12.7. The average molecular weight is 382 g/mol. The van der Waals surface area contributed by atoms with Crippen LogP contribution in [0.25, 0.3) is 0 Å². The zero-order chi connectivity index (χ0) is 19.7. The minimum Gasteiger partial charge on any atom is -0.356 e. The molecule has 150 valence electrons. The standard InChI is InChI=1S/C13H13F.C12H19NO/c1-10(11-4-2-3-5-11)12-6-8-13(14)9-7-12;1-2-13-11(14)12-6-8-3-9(7-12)5-10(12)4-8/h2,4-10H,3H2,1H3;8-10H,2-7H2,1H3,(H,13,14). The van der Waals surface area contributed by atoms with Crippen LogP contribution < -0.4 is 5.32 Å². The molecule has 28 heavy (non-hydrogen) atoms. The van der Waals surface area contributed by atoms with Crippen LogP contribution in [0.4, 0.5) is 4.39 Å². The molecule has 3 unspecified atom stereocenters. The molecule has 0 spiro atoms. The number of carbonyl (C=O) groups is 1. The Bertz CT molecular complexity index is 764. The fourth-order valence-corrected chi connectivity index (χ4v) is 6.24. The first-order valence-electron chi connectivity index (χ1n) is 10.9. The van der Waals surface area contributed by atoms with E-state index in [4.69, 9.17) is 0 Å². The van der Waals surface area contributed by atoms with Gasteiger partial charge in [0.05, 0.1) is 5.41 Å². The number of nitrogens with one attached hydrogen (secondary N) is 1. The van der Waals surface area contributed by atoms with Gasteiger partial charge in [0, 0.05) is 12.5 Å². The molecule has 4 saturated carbocycles. The second-order valence-corrected chi connectivity index (χ2v) is 9.18. The summed E-state index contributed by atoms with van der Waals surface area (Å²) in [6, 6.07) is 6.75. The Hall–Kier alpha value is -1.90. The minimum absolute atomic E-state index is 0.0869. The molecule has 1 N–H and O–H groups in total. The third kappa shape index (κ3) is 3.56. The average Bonchev–Trinajstić information content (AvgIpc) is 3.36. The largest absolute Gasteiger partial charge is 0.356 e. The van der Waals surface area contributed by atoms with Gasteiger partial charge < -0.3 is 5.32 Å². The number of halogens is 1. The van der Waals surface area contributed by atoms with E-state index >= 15 is 0 Å². The summed E-state index contributed by atoms with van der Waals surface area (Å²) in [5.74, 6) is 3.07. The minimum atomic E-state index is -0.170. The van der Waals surface area contributed by atoms with E-state index in [1.54, 1.807) is 0 Å². The van der Waals surface area contributed by atoms with E-state index in [1.807, 2.05) is 19.1 Å². The lowest BCUT2D eigenvalue weighted by molar-refractivity contribution is -0.132. The lowest BCUT2D eigenvalue weighted by Crippen LogP contribution is -2.41. The quantitative estimate of drug-likeness (QED) is 0.705. The van der Waals surface area contributed by atoms with Crippen LogP contribution in [0.5, 0.6) is 0 Å². The molecule has 2 nitrogen and oxygen atoms in total. The van der Waals surface area contributed by atoms with Crippen molar-refractivity contribution in [3.05, 3.63) is 59.4 Å². The molecule has 1 amide bonds. The summed E-state index contributed by atoms with van der Waals surface area (Å²) in [7, 11) is 0. The number of carbonyl (C=O) groups excluding carboxylic acids is 1. The van der Waals surface area contributed by atoms with Crippen molar-refractivity contribution in [3.8, 4) is 0 Å². The third-order valence-corrected chi connectivity index (χ3v) is 7.45. The zero-order valence-electron chi connectivity index (χ0n) is 17.1. The molecule has 4 bridgehead atoms. The molecule has 6 rings (SSSR count). The third-order valence-electron chi connectivity index (χ3n) is 7.45. The van der Waals surface area contributed by atoms with Gasteiger partial charge in [0.25, 0.3) is 0 Å². The predicted octanol–water partition coefficient (Wildman–Crippen LogP) is 5.76. The van der Waals surface area contributed by atoms with E-state index < -0.39 is 0 Å². The fraction of sp³-hybridized carbons (Fsp3) is 0.560. The van der Waals surface area contributed by atoms with Gasteiger partial charge in [-0.15, -0.1) is 0 Å². The predicted molar refractivity (Wildman–Crippen MR) is 111 cm³/mol. The highest BCUT2D eigenvalue weighted by Crippen LogP contribution is 2.65. The van der Waals surface area contributed by atoms with Crippen molar-refractivity contribution in [1.29, 1.82) is 0 Å². The molecule has 5 aliphatic carbocycles. The van der Waals surface area contributed by atoms with Crippen LogP contribution >= 0.6 is 0 Å². The number of hydrogen-bond donors (Lipinski definition) is 1. The molecule has 0 aromatic heterocycles. The Morgan fingerprint density at radius 2 is 1.86 bits per heavy atom. The van der Waals surface area contributed by atoms with Crippen LogP contribution in [0, 0.1) is 29.0 Å². The number of benzene rings is 1. The SMILES string of the molecule is CC(C1=CCC=C1)c1ccc(F)cc1.CCNC(=O)C12CC3CC(CC1C3)C2. The maximum absolute atomic E-state index is 12.7. The second kappa shape index (κ2) is 7.85. The summed E-state index contributed by atoms with van der Waals surface area (Å²) >= 11 is 0. The van der Waals surface area contributed by atoms with Gasteiger partial charge in [0.1, 0.15) is 5.82 Å². The van der Waals surface area contributed by atoms with E-state index in [9.17, 15) is 9.18 Å². The molecule has 1 aromatic rings. The smallest absolute Gasteiger partial charge is 0.226 e. The molecule has 1 aromatic carbocycles. The highest BCUT2D eigenvalue weighted by molar-refractivity contribution is 5.84. The summed E-state index contributed by atoms with van der Waals surface area (Å²) in [6.45, 7) is 4.96. The van der Waals surface area contributed by atoms with Gasteiger partial charge >= 0.3 is 0 Å². The van der Waals surface area contributed by atoms with Crippen LogP contribution in [0.2, 0.25) is 0 Å². The van der Waals surface area contributed by atoms with Gasteiger partial charge in [-0.25, -0.2) is 4.39 Å². The van der Waals surface area contributed by atoms with Crippen molar-refractivity contribution in [2.24, 2.45) is 23.2 Å². The van der Waals surface area contributed by atoms with Crippen molar-refractivity contribution < 1.29 is 9.18 Å². The van der Waals surface area contributed by atoms with Crippen molar-refractivity contribution in [3.63, 3.8) is 0 Å². The lowest BCUT2D eigenvalue weighted by Gasteiger charge is -2.31. The van der Waals surface area contributed by atoms with Crippen LogP contribution in [0.3, 0.4) is 0 Å². The molecule has 0 heterocycles. The summed E-state index contributed by atoms with van der Waals surface area (Å²) < 4.78 is 12.7. The van der Waals surface area contributed by atoms with Crippen molar-refractivity contribution in [2.75, 3.05) is 6.54 Å². The Morgan fingerprint density at radius 3 is 2.43 bits per heavy atom. The first-order valence-corrected chi connectivity index (χ1v) is 10.9. The van der Waals surface area contributed by atoms with Crippen LogP contribution in [0.1, 0.15) is 63.9 Å². The summed E-state index contributed by atoms with van der Waals surface area (Å²) in [4.78, 5) is 12.1. The van der Waals surface area contributed by atoms with Crippen LogP contribution in [-0.4, -0.2) is 12.5 Å². The van der Waals surface area contributed by atoms with Crippen LogP contribution in [-0.2, 0) is 4.79 Å². The molecule has 4 fully saturated rings. The van der Waals surface area contributed by atoms with E-state index in [0.717, 1.165) is 30.7 Å². The molecule has 3 heteroatoms. The molecular weight excluding hydrogens is 349 g/mol. The van der Waals surface area contributed by atoms with Gasteiger partial charge in [-0.3, -0.25) is 4.79 Å². The van der Waals surface area contributed by atoms with Crippen molar-refractivity contribution in [1.82, 2.24) is 5.32 Å². The number of amides is 1. The van der Waals surface area contributed by atoms with Gasteiger partial charge in [0.15, 0.2) is 0 Å². The molecule has 0 aliphatic heterocycles. The summed E-state index contributed by atoms with van der Waals surface area (Å²) in [6.07, 6.45) is 14.0. The van der Waals surface area contributed by atoms with E-state index in [0.29, 0.717) is 11.8 Å². The fourth-order valence-electron chi connectivity index (χ4n) is 6.24. The molecule has 0 radical (unpaired) electrons. The molecule has 0 saturated heterocycles. The second-order valence-electron chi connectivity index (χ2n) is 9.18. The summed E-state index contributed by atoms with van der Waals surface area (Å²) in [5, 5.41) is 3.05. The van der Waals surface area contributed by atoms with Crippen molar-refractivity contribution >= 4 is 5.91 Å². The highest BCUT2D eigenvalue weighted by Gasteiger charge is 2.61. The number of hydrogen-bond acceptors (Lipinski definition) is 1. The Balaban J connectivity index is 0.000000137. The Morgan fingerprint density at radius 1 is 1.18 bits per heavy atom. The van der Waals surface area contributed by atoms with Gasteiger partial charge in [0.2, 0.25) is 5.91 Å². The Labute approximate surface area is 168 Å². The highest BCUT2D eigenvalue weighted by atomic mass is 19.1. The van der Waals surface area contributed by atoms with E-state index in [-0.39, 0.29) is 11.2 Å². The maximum Gasteiger partial charge on any atom is 0.226 e. The monoisotopic (exact) mass is 381 g/mol. The van der Waals surface area contributed by atoms with Gasteiger partial charge in [-0.05, 0) is 86.5 Å². The van der Waals surface area contributed by atoms with Gasteiger partial charge in [-0.1, -0.05) is 37.3 Å². The number of rotatable bonds is 4. The normalized spacial score (nSPS) is 32.7. The van der Waals surface area contributed by atoms with E-state index in [2.05, 4.69) is 30.5 Å². The molecular formula is C25H32FNO. The first kappa shape index (κ1) is 19.4. The molecule has 3 atom stereocenters. The van der Waals surface area contributed by atoms with Crippen molar-refractivity contribution in [2.45, 2.75) is 58.3 Å².